The van der Waals surface area contributed by atoms with Gasteiger partial charge in [0.1, 0.15) is 18.1 Å². The van der Waals surface area contributed by atoms with Crippen LogP contribution in [0, 0.1) is 0 Å². The third-order valence-corrected chi connectivity index (χ3v) is 6.58. The van der Waals surface area contributed by atoms with E-state index in [2.05, 4.69) is 15.0 Å². The third-order valence-electron chi connectivity index (χ3n) is 4.16. The minimum absolute atomic E-state index is 0.0466. The molecule has 32 heavy (non-hydrogen) atoms. The van der Waals surface area contributed by atoms with E-state index in [9.17, 15) is 13.2 Å². The quantitative estimate of drug-likeness (QED) is 0.359. The van der Waals surface area contributed by atoms with Gasteiger partial charge >= 0.3 is 0 Å². The number of rotatable bonds is 8. The number of thiazole rings is 1. The van der Waals surface area contributed by atoms with Crippen LogP contribution in [0.25, 0.3) is 0 Å². The Morgan fingerprint density at radius 3 is 2.50 bits per heavy atom. The van der Waals surface area contributed by atoms with Gasteiger partial charge < -0.3 is 14.5 Å². The summed E-state index contributed by atoms with van der Waals surface area (Å²) < 4.78 is 38.2. The van der Waals surface area contributed by atoms with Gasteiger partial charge in [-0.25, -0.2) is 13.4 Å². The zero-order valence-corrected chi connectivity index (χ0v) is 18.7. The van der Waals surface area contributed by atoms with E-state index in [-0.39, 0.29) is 22.4 Å². The molecule has 2 heterocycles. The number of hydrogen-bond acceptors (Lipinski definition) is 7. The zero-order chi connectivity index (χ0) is 22.6. The molecule has 8 nitrogen and oxygen atoms in total. The average molecular weight is 490 g/mol. The molecule has 4 aromatic rings. The van der Waals surface area contributed by atoms with Gasteiger partial charge in [-0.1, -0.05) is 11.6 Å². The normalized spacial score (nSPS) is 11.2. The van der Waals surface area contributed by atoms with Gasteiger partial charge in [0.25, 0.3) is 15.9 Å². The molecule has 0 saturated carbocycles. The number of nitrogens with zero attached hydrogens (tertiary/aromatic N) is 1. The Balaban J connectivity index is 1.35. The number of sulfonamides is 1. The SMILES string of the molecule is O=C(Nc1ccc(S(=O)(=O)Nc2nccs2)cc1)c1ccc(COc2ccc(Cl)cc2)o1. The molecule has 4 rings (SSSR count). The summed E-state index contributed by atoms with van der Waals surface area (Å²) in [4.78, 5) is 16.4. The van der Waals surface area contributed by atoms with Crippen molar-refractivity contribution >= 4 is 49.7 Å². The highest BCUT2D eigenvalue weighted by molar-refractivity contribution is 7.93. The van der Waals surface area contributed by atoms with Crippen LogP contribution in [-0.4, -0.2) is 19.3 Å². The second-order valence-electron chi connectivity index (χ2n) is 6.43. The molecule has 2 N–H and O–H groups in total. The Bertz CT molecular complexity index is 1300. The van der Waals surface area contributed by atoms with E-state index in [0.29, 0.717) is 22.2 Å². The second-order valence-corrected chi connectivity index (χ2v) is 9.44. The first-order valence-corrected chi connectivity index (χ1v) is 11.9. The number of carbonyl (C=O) groups excluding carboxylic acids is 1. The summed E-state index contributed by atoms with van der Waals surface area (Å²) in [7, 11) is -3.76. The van der Waals surface area contributed by atoms with Crippen molar-refractivity contribution in [2.45, 2.75) is 11.5 Å². The summed E-state index contributed by atoms with van der Waals surface area (Å²) >= 11 is 7.01. The summed E-state index contributed by atoms with van der Waals surface area (Å²) in [6, 6.07) is 15.8. The van der Waals surface area contributed by atoms with Crippen LogP contribution < -0.4 is 14.8 Å². The topological polar surface area (TPSA) is 111 Å². The van der Waals surface area contributed by atoms with Gasteiger partial charge in [0.2, 0.25) is 0 Å². The van der Waals surface area contributed by atoms with Gasteiger partial charge in [-0.05, 0) is 60.7 Å². The molecular weight excluding hydrogens is 474 g/mol. The van der Waals surface area contributed by atoms with Crippen LogP contribution >= 0.6 is 22.9 Å². The smallest absolute Gasteiger partial charge is 0.291 e. The molecule has 11 heteroatoms. The molecular formula is C21H16ClN3O5S2. The van der Waals surface area contributed by atoms with Crippen molar-refractivity contribution in [1.29, 1.82) is 0 Å². The molecule has 0 radical (unpaired) electrons. The summed E-state index contributed by atoms with van der Waals surface area (Å²) in [6.07, 6.45) is 1.50. The zero-order valence-electron chi connectivity index (χ0n) is 16.3. The number of amides is 1. The number of halogens is 1. The predicted octanol–water partition coefficient (Wildman–Crippen LogP) is 5.02. The van der Waals surface area contributed by atoms with Crippen molar-refractivity contribution in [2.24, 2.45) is 0 Å². The van der Waals surface area contributed by atoms with E-state index in [1.807, 2.05) is 0 Å². The second kappa shape index (κ2) is 9.43. The lowest BCUT2D eigenvalue weighted by atomic mass is 10.3. The van der Waals surface area contributed by atoms with Crippen LogP contribution in [0.4, 0.5) is 10.8 Å². The third kappa shape index (κ3) is 5.47. The van der Waals surface area contributed by atoms with Gasteiger partial charge in [0, 0.05) is 22.3 Å². The van der Waals surface area contributed by atoms with Crippen molar-refractivity contribution < 1.29 is 22.4 Å². The highest BCUT2D eigenvalue weighted by Crippen LogP contribution is 2.21. The van der Waals surface area contributed by atoms with E-state index in [1.165, 1.54) is 47.9 Å². The summed E-state index contributed by atoms with van der Waals surface area (Å²) in [5.41, 5.74) is 0.415. The molecule has 0 unspecified atom stereocenters. The van der Waals surface area contributed by atoms with Crippen molar-refractivity contribution in [3.05, 3.63) is 88.8 Å². The van der Waals surface area contributed by atoms with Crippen LogP contribution in [0.3, 0.4) is 0 Å². The maximum Gasteiger partial charge on any atom is 0.291 e. The van der Waals surface area contributed by atoms with Crippen LogP contribution in [0.1, 0.15) is 16.3 Å². The van der Waals surface area contributed by atoms with Crippen molar-refractivity contribution in [3.8, 4) is 5.75 Å². The van der Waals surface area contributed by atoms with Crippen LogP contribution in [0.5, 0.6) is 5.75 Å². The first-order chi connectivity index (χ1) is 15.4. The molecule has 0 bridgehead atoms. The number of aromatic nitrogens is 1. The Morgan fingerprint density at radius 1 is 1.06 bits per heavy atom. The fourth-order valence-corrected chi connectivity index (χ4v) is 4.54. The number of nitrogens with one attached hydrogen (secondary N) is 2. The van der Waals surface area contributed by atoms with Crippen LogP contribution in [-0.2, 0) is 16.6 Å². The molecule has 0 saturated heterocycles. The average Bonchev–Trinajstić information content (AvgIpc) is 3.46. The standard InChI is InChI=1S/C21H16ClN3O5S2/c22-14-1-5-16(6-2-14)29-13-17-7-10-19(30-17)20(26)24-15-3-8-18(9-4-15)32(27,28)25-21-23-11-12-31-21/h1-12H,13H2,(H,23,25)(H,24,26). The Hall–Kier alpha value is -3.34. The summed E-state index contributed by atoms with van der Waals surface area (Å²) in [5.74, 6) is 0.720. The van der Waals surface area contributed by atoms with Crippen molar-refractivity contribution in [2.75, 3.05) is 10.0 Å². The molecule has 2 aromatic heterocycles. The van der Waals surface area contributed by atoms with E-state index in [4.69, 9.17) is 20.8 Å². The van der Waals surface area contributed by atoms with Crippen LogP contribution in [0.15, 0.2) is 81.6 Å². The van der Waals surface area contributed by atoms with Gasteiger partial charge in [0.05, 0.1) is 4.90 Å². The summed E-state index contributed by atoms with van der Waals surface area (Å²) in [6.45, 7) is 0.146. The lowest BCUT2D eigenvalue weighted by molar-refractivity contribution is 0.0992. The Morgan fingerprint density at radius 2 is 1.81 bits per heavy atom. The number of anilines is 2. The van der Waals surface area contributed by atoms with E-state index in [0.717, 1.165) is 0 Å². The first-order valence-electron chi connectivity index (χ1n) is 9.20. The van der Waals surface area contributed by atoms with E-state index >= 15 is 0 Å². The van der Waals surface area contributed by atoms with Gasteiger partial charge in [-0.2, -0.15) is 0 Å². The monoisotopic (exact) mass is 489 g/mol. The number of furan rings is 1. The lowest BCUT2D eigenvalue weighted by Gasteiger charge is -2.07. The molecule has 0 aliphatic carbocycles. The van der Waals surface area contributed by atoms with E-state index in [1.54, 1.807) is 35.7 Å². The number of ether oxygens (including phenoxy) is 1. The maximum absolute atomic E-state index is 12.4. The molecule has 0 aliphatic rings. The molecule has 0 aliphatic heterocycles. The van der Waals surface area contributed by atoms with E-state index < -0.39 is 15.9 Å². The minimum atomic E-state index is -3.76. The molecule has 0 atom stereocenters. The molecule has 0 spiro atoms. The van der Waals surface area contributed by atoms with Crippen molar-refractivity contribution in [3.63, 3.8) is 0 Å². The predicted molar refractivity (Wildman–Crippen MR) is 122 cm³/mol. The maximum atomic E-state index is 12.4. The Kier molecular flexibility index (Phi) is 6.45. The molecule has 164 valence electrons. The highest BCUT2D eigenvalue weighted by atomic mass is 35.5. The largest absolute Gasteiger partial charge is 0.486 e. The summed E-state index contributed by atoms with van der Waals surface area (Å²) in [5, 5.41) is 5.21. The number of benzene rings is 2. The number of carbonyl (C=O) groups is 1. The van der Waals surface area contributed by atoms with Crippen LogP contribution in [0.2, 0.25) is 5.02 Å². The molecule has 1 amide bonds. The van der Waals surface area contributed by atoms with Gasteiger partial charge in [0.15, 0.2) is 10.9 Å². The minimum Gasteiger partial charge on any atom is -0.486 e. The van der Waals surface area contributed by atoms with Crippen molar-refractivity contribution in [1.82, 2.24) is 4.98 Å². The van der Waals surface area contributed by atoms with Gasteiger partial charge in [-0.15, -0.1) is 11.3 Å². The van der Waals surface area contributed by atoms with Gasteiger partial charge in [-0.3, -0.25) is 9.52 Å². The fraction of sp³-hybridized carbons (Fsp3) is 0.0476. The molecule has 2 aromatic carbocycles. The molecule has 0 fully saturated rings. The number of hydrogen-bond donors (Lipinski definition) is 2. The highest BCUT2D eigenvalue weighted by Gasteiger charge is 2.16. The first kappa shape index (κ1) is 21.9. The fourth-order valence-electron chi connectivity index (χ4n) is 2.62. The lowest BCUT2D eigenvalue weighted by Crippen LogP contribution is -2.13. The Labute approximate surface area is 192 Å².